The molecule has 0 radical (unpaired) electrons. The van der Waals surface area contributed by atoms with Gasteiger partial charge in [-0.2, -0.15) is 5.10 Å². The highest BCUT2D eigenvalue weighted by Gasteiger charge is 2.21. The minimum atomic E-state index is -0.557. The Labute approximate surface area is 108 Å². The summed E-state index contributed by atoms with van der Waals surface area (Å²) in [7, 11) is 0. The van der Waals surface area contributed by atoms with Gasteiger partial charge in [0.1, 0.15) is 5.56 Å². The van der Waals surface area contributed by atoms with Gasteiger partial charge >= 0.3 is 0 Å². The lowest BCUT2D eigenvalue weighted by Crippen LogP contribution is -2.24. The van der Waals surface area contributed by atoms with E-state index in [0.29, 0.717) is 5.56 Å². The number of rotatable bonds is 4. The van der Waals surface area contributed by atoms with E-state index in [1.165, 1.54) is 6.07 Å². The Morgan fingerprint density at radius 3 is 2.89 bits per heavy atom. The molecule has 2 aromatic rings. The highest BCUT2D eigenvalue weighted by molar-refractivity contribution is 5.99. The van der Waals surface area contributed by atoms with Crippen molar-refractivity contribution in [3.05, 3.63) is 57.4 Å². The number of carbonyl (C=O) groups is 1. The molecular formula is C12H12N4O3. The van der Waals surface area contributed by atoms with Crippen molar-refractivity contribution in [2.75, 3.05) is 0 Å². The van der Waals surface area contributed by atoms with Crippen molar-refractivity contribution in [3.8, 4) is 0 Å². The first-order valence-electron chi connectivity index (χ1n) is 5.60. The van der Waals surface area contributed by atoms with Crippen LogP contribution in [-0.2, 0) is 6.54 Å². The fourth-order valence-corrected chi connectivity index (χ4v) is 1.75. The summed E-state index contributed by atoms with van der Waals surface area (Å²) < 4.78 is 0. The van der Waals surface area contributed by atoms with E-state index in [9.17, 15) is 14.9 Å². The van der Waals surface area contributed by atoms with Gasteiger partial charge in [-0.15, -0.1) is 0 Å². The van der Waals surface area contributed by atoms with Crippen LogP contribution in [0.25, 0.3) is 0 Å². The van der Waals surface area contributed by atoms with Crippen molar-refractivity contribution in [2.45, 2.75) is 13.5 Å². The Bertz CT molecular complexity index is 607. The van der Waals surface area contributed by atoms with Gasteiger partial charge in [0.2, 0.25) is 0 Å². The maximum absolute atomic E-state index is 12.0. The number of benzene rings is 1. The Balaban J connectivity index is 2.21. The van der Waals surface area contributed by atoms with Gasteiger partial charge in [-0.1, -0.05) is 12.1 Å². The van der Waals surface area contributed by atoms with Crippen LogP contribution >= 0.6 is 0 Å². The summed E-state index contributed by atoms with van der Waals surface area (Å²) in [6.07, 6.45) is 1.57. The standard InChI is InChI=1S/C12H12N4O3/c1-8-3-2-4-10(16(18)19)11(8)12(17)13-7-9-5-6-14-15-9/h2-6H,7H2,1H3,(H,13,17)(H,14,15). The van der Waals surface area contributed by atoms with Gasteiger partial charge in [-0.05, 0) is 18.6 Å². The Hall–Kier alpha value is -2.70. The molecular weight excluding hydrogens is 248 g/mol. The van der Waals surface area contributed by atoms with Gasteiger partial charge < -0.3 is 5.32 Å². The second-order valence-electron chi connectivity index (χ2n) is 3.99. The number of aryl methyl sites for hydroxylation is 1. The summed E-state index contributed by atoms with van der Waals surface area (Å²) in [6, 6.07) is 6.25. The Morgan fingerprint density at radius 1 is 1.47 bits per heavy atom. The minimum Gasteiger partial charge on any atom is -0.346 e. The van der Waals surface area contributed by atoms with Crippen LogP contribution in [0.5, 0.6) is 0 Å². The molecule has 0 aliphatic carbocycles. The third kappa shape index (κ3) is 2.76. The number of aromatic amines is 1. The number of hydrogen-bond acceptors (Lipinski definition) is 4. The summed E-state index contributed by atoms with van der Waals surface area (Å²) in [5, 5.41) is 20.0. The normalized spacial score (nSPS) is 10.2. The molecule has 1 amide bonds. The fourth-order valence-electron chi connectivity index (χ4n) is 1.75. The molecule has 0 fully saturated rings. The first-order valence-corrected chi connectivity index (χ1v) is 5.60. The van der Waals surface area contributed by atoms with Crippen molar-refractivity contribution in [1.29, 1.82) is 0 Å². The Morgan fingerprint density at radius 2 is 2.26 bits per heavy atom. The maximum atomic E-state index is 12.0. The van der Waals surface area contributed by atoms with Gasteiger partial charge in [0.25, 0.3) is 11.6 Å². The molecule has 0 unspecified atom stereocenters. The molecule has 0 aliphatic rings. The largest absolute Gasteiger partial charge is 0.346 e. The summed E-state index contributed by atoms with van der Waals surface area (Å²) in [5.74, 6) is -0.473. The van der Waals surface area contributed by atoms with Crippen LogP contribution in [0.2, 0.25) is 0 Å². The summed E-state index contributed by atoms with van der Waals surface area (Å²) in [6.45, 7) is 1.91. The summed E-state index contributed by atoms with van der Waals surface area (Å²) >= 11 is 0. The highest BCUT2D eigenvalue weighted by atomic mass is 16.6. The van der Waals surface area contributed by atoms with E-state index < -0.39 is 10.8 Å². The molecule has 0 saturated heterocycles. The molecule has 0 bridgehead atoms. The number of nitrogens with zero attached hydrogens (tertiary/aromatic N) is 2. The molecule has 0 saturated carbocycles. The van der Waals surface area contributed by atoms with Gasteiger partial charge in [-0.25, -0.2) is 0 Å². The number of H-pyrrole nitrogens is 1. The van der Waals surface area contributed by atoms with Crippen LogP contribution in [0.1, 0.15) is 21.6 Å². The maximum Gasteiger partial charge on any atom is 0.282 e. The first-order chi connectivity index (χ1) is 9.09. The number of nitrogens with one attached hydrogen (secondary N) is 2. The highest BCUT2D eigenvalue weighted by Crippen LogP contribution is 2.21. The zero-order valence-corrected chi connectivity index (χ0v) is 10.2. The summed E-state index contributed by atoms with van der Waals surface area (Å²) in [5.41, 5.74) is 1.19. The minimum absolute atomic E-state index is 0.0898. The average molecular weight is 260 g/mol. The molecule has 0 aliphatic heterocycles. The van der Waals surface area contributed by atoms with Crippen molar-refractivity contribution in [3.63, 3.8) is 0 Å². The molecule has 2 N–H and O–H groups in total. The van der Waals surface area contributed by atoms with Crippen molar-refractivity contribution in [1.82, 2.24) is 15.5 Å². The number of amides is 1. The van der Waals surface area contributed by atoms with Gasteiger partial charge in [0.05, 0.1) is 17.2 Å². The monoisotopic (exact) mass is 260 g/mol. The number of nitro benzene ring substituents is 1. The zero-order chi connectivity index (χ0) is 13.8. The molecule has 1 aromatic carbocycles. The average Bonchev–Trinajstić information content (AvgIpc) is 2.88. The lowest BCUT2D eigenvalue weighted by Gasteiger charge is -2.07. The van der Waals surface area contributed by atoms with Crippen molar-refractivity contribution < 1.29 is 9.72 Å². The molecule has 2 rings (SSSR count). The van der Waals surface area contributed by atoms with E-state index in [4.69, 9.17) is 0 Å². The van der Waals surface area contributed by atoms with E-state index in [-0.39, 0.29) is 17.8 Å². The van der Waals surface area contributed by atoms with E-state index in [1.54, 1.807) is 31.3 Å². The van der Waals surface area contributed by atoms with E-state index in [0.717, 1.165) is 5.69 Å². The van der Waals surface area contributed by atoms with E-state index >= 15 is 0 Å². The topological polar surface area (TPSA) is 101 Å². The first kappa shape index (κ1) is 12.7. The quantitative estimate of drug-likeness (QED) is 0.643. The lowest BCUT2D eigenvalue weighted by molar-refractivity contribution is -0.385. The van der Waals surface area contributed by atoms with E-state index in [1.807, 2.05) is 0 Å². The molecule has 0 spiro atoms. The molecule has 98 valence electrons. The van der Waals surface area contributed by atoms with Crippen molar-refractivity contribution >= 4 is 11.6 Å². The molecule has 7 nitrogen and oxygen atoms in total. The second kappa shape index (κ2) is 5.30. The van der Waals surface area contributed by atoms with Crippen LogP contribution in [0, 0.1) is 17.0 Å². The summed E-state index contributed by atoms with van der Waals surface area (Å²) in [4.78, 5) is 22.4. The molecule has 19 heavy (non-hydrogen) atoms. The Kier molecular flexibility index (Phi) is 3.56. The van der Waals surface area contributed by atoms with Gasteiger partial charge in [-0.3, -0.25) is 20.0 Å². The SMILES string of the molecule is Cc1cccc([N+](=O)[O-])c1C(=O)NCc1ccn[nH]1. The third-order valence-electron chi connectivity index (χ3n) is 2.67. The lowest BCUT2D eigenvalue weighted by atomic mass is 10.1. The number of nitro groups is 1. The van der Waals surface area contributed by atoms with Crippen LogP contribution in [-0.4, -0.2) is 21.0 Å². The predicted molar refractivity (Wildman–Crippen MR) is 67.6 cm³/mol. The van der Waals surface area contributed by atoms with Crippen LogP contribution < -0.4 is 5.32 Å². The molecule has 7 heteroatoms. The zero-order valence-electron chi connectivity index (χ0n) is 10.2. The smallest absolute Gasteiger partial charge is 0.282 e. The van der Waals surface area contributed by atoms with Crippen LogP contribution in [0.3, 0.4) is 0 Å². The molecule has 1 heterocycles. The van der Waals surface area contributed by atoms with Gasteiger partial charge in [0, 0.05) is 12.3 Å². The molecule has 0 atom stereocenters. The third-order valence-corrected chi connectivity index (χ3v) is 2.67. The second-order valence-corrected chi connectivity index (χ2v) is 3.99. The van der Waals surface area contributed by atoms with Crippen LogP contribution in [0.4, 0.5) is 5.69 Å². The number of hydrogen-bond donors (Lipinski definition) is 2. The number of carbonyl (C=O) groups excluding carboxylic acids is 1. The predicted octanol–water partition coefficient (Wildman–Crippen LogP) is 1.56. The number of aromatic nitrogens is 2. The van der Waals surface area contributed by atoms with Crippen LogP contribution in [0.15, 0.2) is 30.5 Å². The molecule has 1 aromatic heterocycles. The van der Waals surface area contributed by atoms with E-state index in [2.05, 4.69) is 15.5 Å². The van der Waals surface area contributed by atoms with Gasteiger partial charge in [0.15, 0.2) is 0 Å². The van der Waals surface area contributed by atoms with Crippen molar-refractivity contribution in [2.24, 2.45) is 0 Å². The fraction of sp³-hybridized carbons (Fsp3) is 0.167.